The van der Waals surface area contributed by atoms with Crippen LogP contribution in [0.5, 0.6) is 5.75 Å². The molecule has 178 valence electrons. The van der Waals surface area contributed by atoms with E-state index >= 15 is 0 Å². The Bertz CT molecular complexity index is 1470. The van der Waals surface area contributed by atoms with E-state index in [1.54, 1.807) is 0 Å². The van der Waals surface area contributed by atoms with Crippen LogP contribution in [0.4, 0.5) is 0 Å². The zero-order valence-electron chi connectivity index (χ0n) is 19.8. The first-order valence-corrected chi connectivity index (χ1v) is 11.8. The van der Waals surface area contributed by atoms with Crippen LogP contribution < -0.4 is 10.5 Å². The summed E-state index contributed by atoms with van der Waals surface area (Å²) in [6.45, 7) is 4.43. The number of methoxy groups -OCH3 is 1. The van der Waals surface area contributed by atoms with Gasteiger partial charge in [0.2, 0.25) is 5.91 Å². The molecule has 1 aliphatic carbocycles. The number of rotatable bonds is 7. The fourth-order valence-electron chi connectivity index (χ4n) is 5.13. The van der Waals surface area contributed by atoms with Crippen LogP contribution in [0.1, 0.15) is 35.1 Å². The second-order valence-corrected chi connectivity index (χ2v) is 8.92. The van der Waals surface area contributed by atoms with E-state index in [1.165, 1.54) is 12.7 Å². The molecule has 1 aliphatic rings. The van der Waals surface area contributed by atoms with Crippen molar-refractivity contribution < 1.29 is 19.1 Å². The number of primary amides is 1. The maximum atomic E-state index is 12.2. The number of carbonyl (C=O) groups is 2. The predicted octanol–water partition coefficient (Wildman–Crippen LogP) is 4.77. The quantitative estimate of drug-likeness (QED) is 0.313. The van der Waals surface area contributed by atoms with Crippen molar-refractivity contribution in [3.8, 4) is 5.75 Å². The van der Waals surface area contributed by atoms with Crippen LogP contribution in [-0.4, -0.2) is 30.2 Å². The third-order valence-corrected chi connectivity index (χ3v) is 6.82. The Morgan fingerprint density at radius 1 is 1.00 bits per heavy atom. The maximum absolute atomic E-state index is 12.2. The third kappa shape index (κ3) is 4.05. The third-order valence-electron chi connectivity index (χ3n) is 6.82. The standard InChI is InChI=1S/C29H28N2O4/c1-18(29(30)33)21-13-8-14-23-26(21)27-24(31(23)16-19-9-4-3-5-10-19)15-20-11-6-7-12-22(20)28(27)35-17-25(32)34-2/h3-5,8-10,13-15H,1,6-7,11-12,16-17H2,2H3,(H2,30,33). The van der Waals surface area contributed by atoms with Gasteiger partial charge in [-0.05, 0) is 60.1 Å². The van der Waals surface area contributed by atoms with E-state index in [2.05, 4.69) is 29.3 Å². The van der Waals surface area contributed by atoms with Gasteiger partial charge in [0, 0.05) is 17.5 Å². The van der Waals surface area contributed by atoms with Gasteiger partial charge in [0.05, 0.1) is 23.5 Å². The SMILES string of the molecule is C=C(C(N)=O)c1cccc2c1c1c(OCC(=O)OC)c3c(cc1n2Cc1ccccc1)CCCC3. The Morgan fingerprint density at radius 2 is 1.77 bits per heavy atom. The van der Waals surface area contributed by atoms with E-state index in [4.69, 9.17) is 15.2 Å². The van der Waals surface area contributed by atoms with Crippen LogP contribution in [0.25, 0.3) is 27.4 Å². The number of esters is 1. The fraction of sp³-hybridized carbons (Fsp3) is 0.241. The summed E-state index contributed by atoms with van der Waals surface area (Å²) >= 11 is 0. The molecule has 1 amide bonds. The normalized spacial score (nSPS) is 12.9. The highest BCUT2D eigenvalue weighted by atomic mass is 16.6. The lowest BCUT2D eigenvalue weighted by Gasteiger charge is -2.21. The van der Waals surface area contributed by atoms with Crippen LogP contribution in [-0.2, 0) is 33.7 Å². The van der Waals surface area contributed by atoms with Crippen molar-refractivity contribution in [3.63, 3.8) is 0 Å². The van der Waals surface area contributed by atoms with Crippen LogP contribution in [0, 0.1) is 0 Å². The van der Waals surface area contributed by atoms with Gasteiger partial charge in [-0.1, -0.05) is 49.0 Å². The van der Waals surface area contributed by atoms with Crippen molar-refractivity contribution in [2.45, 2.75) is 32.2 Å². The lowest BCUT2D eigenvalue weighted by Crippen LogP contribution is -2.15. The first-order valence-electron chi connectivity index (χ1n) is 11.8. The average Bonchev–Trinajstić information content (AvgIpc) is 3.19. The number of fused-ring (bicyclic) bond motifs is 4. The number of aryl methyl sites for hydroxylation is 1. The second kappa shape index (κ2) is 9.29. The minimum absolute atomic E-state index is 0.188. The molecule has 0 bridgehead atoms. The molecule has 0 saturated heterocycles. The summed E-state index contributed by atoms with van der Waals surface area (Å²) < 4.78 is 13.3. The minimum atomic E-state index is -0.573. The molecular formula is C29H28N2O4. The molecule has 0 radical (unpaired) electrons. The molecule has 0 unspecified atom stereocenters. The molecule has 35 heavy (non-hydrogen) atoms. The summed E-state index contributed by atoms with van der Waals surface area (Å²) in [5.74, 6) is -0.332. The zero-order chi connectivity index (χ0) is 24.5. The highest BCUT2D eigenvalue weighted by Gasteiger charge is 2.26. The number of benzene rings is 3. The van der Waals surface area contributed by atoms with Gasteiger partial charge >= 0.3 is 5.97 Å². The second-order valence-electron chi connectivity index (χ2n) is 8.92. The summed E-state index contributed by atoms with van der Waals surface area (Å²) in [6.07, 6.45) is 3.98. The van der Waals surface area contributed by atoms with Gasteiger partial charge in [0.1, 0.15) is 5.75 Å². The predicted molar refractivity (Wildman–Crippen MR) is 137 cm³/mol. The number of hydrogen-bond acceptors (Lipinski definition) is 4. The minimum Gasteiger partial charge on any atom is -0.481 e. The zero-order valence-corrected chi connectivity index (χ0v) is 19.8. The molecule has 6 nitrogen and oxygen atoms in total. The summed E-state index contributed by atoms with van der Waals surface area (Å²) in [6, 6.07) is 18.3. The van der Waals surface area contributed by atoms with E-state index < -0.39 is 11.9 Å². The summed E-state index contributed by atoms with van der Waals surface area (Å²) in [5, 5.41) is 1.73. The Kier molecular flexibility index (Phi) is 6.03. The molecule has 1 aromatic heterocycles. The lowest BCUT2D eigenvalue weighted by molar-refractivity contribution is -0.142. The number of aromatic nitrogens is 1. The lowest BCUT2D eigenvalue weighted by atomic mass is 9.88. The maximum Gasteiger partial charge on any atom is 0.343 e. The van der Waals surface area contributed by atoms with Crippen molar-refractivity contribution in [2.24, 2.45) is 5.73 Å². The van der Waals surface area contributed by atoms with Crippen LogP contribution in [0.2, 0.25) is 0 Å². The van der Waals surface area contributed by atoms with Gasteiger partial charge in [-0.15, -0.1) is 0 Å². The molecule has 0 aliphatic heterocycles. The first kappa shape index (κ1) is 22.7. The summed E-state index contributed by atoms with van der Waals surface area (Å²) in [7, 11) is 1.35. The highest BCUT2D eigenvalue weighted by molar-refractivity contribution is 6.25. The average molecular weight is 469 g/mol. The number of nitrogens with two attached hydrogens (primary N) is 1. The molecular weight excluding hydrogens is 440 g/mol. The monoisotopic (exact) mass is 468 g/mol. The van der Waals surface area contributed by atoms with Gasteiger partial charge in [-0.3, -0.25) is 4.79 Å². The Balaban J connectivity index is 1.87. The van der Waals surface area contributed by atoms with Gasteiger partial charge in [-0.2, -0.15) is 0 Å². The number of nitrogens with zero attached hydrogens (tertiary/aromatic N) is 1. The Morgan fingerprint density at radius 3 is 2.51 bits per heavy atom. The fourth-order valence-corrected chi connectivity index (χ4v) is 5.13. The van der Waals surface area contributed by atoms with E-state index in [1.807, 2.05) is 36.4 Å². The van der Waals surface area contributed by atoms with E-state index in [0.717, 1.165) is 58.6 Å². The first-order chi connectivity index (χ1) is 17.0. The topological polar surface area (TPSA) is 83.6 Å². The number of ether oxygens (including phenoxy) is 2. The molecule has 0 fully saturated rings. The van der Waals surface area contributed by atoms with Crippen molar-refractivity contribution in [1.29, 1.82) is 0 Å². The van der Waals surface area contributed by atoms with Crippen molar-refractivity contribution in [3.05, 3.63) is 83.4 Å². The van der Waals surface area contributed by atoms with Crippen molar-refractivity contribution >= 4 is 39.3 Å². The summed E-state index contributed by atoms with van der Waals surface area (Å²) in [4.78, 5) is 24.2. The Hall–Kier alpha value is -4.06. The van der Waals surface area contributed by atoms with E-state index in [0.29, 0.717) is 17.9 Å². The van der Waals surface area contributed by atoms with Gasteiger partial charge in [0.15, 0.2) is 6.61 Å². The molecule has 3 aromatic carbocycles. The van der Waals surface area contributed by atoms with Gasteiger partial charge in [0.25, 0.3) is 0 Å². The molecule has 6 heteroatoms. The number of carbonyl (C=O) groups excluding carboxylic acids is 2. The molecule has 1 heterocycles. The molecule has 4 aromatic rings. The van der Waals surface area contributed by atoms with E-state index in [-0.39, 0.29) is 12.2 Å². The molecule has 0 atom stereocenters. The smallest absolute Gasteiger partial charge is 0.343 e. The van der Waals surface area contributed by atoms with Crippen molar-refractivity contribution in [2.75, 3.05) is 13.7 Å². The molecule has 2 N–H and O–H groups in total. The number of hydrogen-bond donors (Lipinski definition) is 1. The van der Waals surface area contributed by atoms with Crippen LogP contribution in [0.15, 0.2) is 61.2 Å². The van der Waals surface area contributed by atoms with Crippen LogP contribution in [0.3, 0.4) is 0 Å². The van der Waals surface area contributed by atoms with Crippen LogP contribution >= 0.6 is 0 Å². The molecule has 0 spiro atoms. The van der Waals surface area contributed by atoms with Crippen molar-refractivity contribution in [1.82, 2.24) is 4.57 Å². The molecule has 5 rings (SSSR count). The largest absolute Gasteiger partial charge is 0.481 e. The number of amides is 1. The van der Waals surface area contributed by atoms with Gasteiger partial charge < -0.3 is 19.8 Å². The van der Waals surface area contributed by atoms with Gasteiger partial charge in [-0.25, -0.2) is 4.79 Å². The Labute approximate surface area is 203 Å². The van der Waals surface area contributed by atoms with E-state index in [9.17, 15) is 9.59 Å². The highest BCUT2D eigenvalue weighted by Crippen LogP contribution is 2.44. The summed E-state index contributed by atoms with van der Waals surface area (Å²) in [5.41, 5.74) is 12.0. The molecule has 0 saturated carbocycles.